The van der Waals surface area contributed by atoms with Gasteiger partial charge in [-0.25, -0.2) is 14.8 Å². The third kappa shape index (κ3) is 3.20. The van der Waals surface area contributed by atoms with Gasteiger partial charge in [-0.15, -0.1) is 0 Å². The average molecular weight is 347 g/mol. The van der Waals surface area contributed by atoms with E-state index in [0.29, 0.717) is 24.1 Å². The van der Waals surface area contributed by atoms with E-state index in [1.807, 2.05) is 6.07 Å². The lowest BCUT2D eigenvalue weighted by molar-refractivity contribution is 0.0671. The molecule has 7 nitrogen and oxygen atoms in total. The Labute approximate surface area is 151 Å². The molecule has 26 heavy (non-hydrogen) atoms. The van der Waals surface area contributed by atoms with E-state index >= 15 is 0 Å². The van der Waals surface area contributed by atoms with E-state index in [9.17, 15) is 9.90 Å². The number of carboxylic acid groups (broad SMARTS) is 1. The van der Waals surface area contributed by atoms with Crippen LogP contribution in [0.4, 0.5) is 4.79 Å². The maximum Gasteiger partial charge on any atom is 0.408 e. The molecule has 0 spiro atoms. The van der Waals surface area contributed by atoms with Gasteiger partial charge in [0, 0.05) is 6.20 Å². The summed E-state index contributed by atoms with van der Waals surface area (Å²) in [6.45, 7) is 0.150. The molecular weight excluding hydrogens is 330 g/mol. The zero-order valence-corrected chi connectivity index (χ0v) is 14.1. The van der Waals surface area contributed by atoms with Gasteiger partial charge in [-0.3, -0.25) is 4.90 Å². The van der Waals surface area contributed by atoms with Crippen molar-refractivity contribution in [2.75, 3.05) is 0 Å². The molecule has 1 aromatic heterocycles. The van der Waals surface area contributed by atoms with Crippen molar-refractivity contribution in [3.05, 3.63) is 59.2 Å². The summed E-state index contributed by atoms with van der Waals surface area (Å²) in [6, 6.07) is 12.6. The van der Waals surface area contributed by atoms with Gasteiger partial charge in [0.25, 0.3) is 0 Å². The number of amides is 1. The minimum Gasteiger partial charge on any atom is -0.465 e. The smallest absolute Gasteiger partial charge is 0.408 e. The summed E-state index contributed by atoms with van der Waals surface area (Å²) < 4.78 is 0. The number of hydrogen-bond acceptors (Lipinski definition) is 5. The normalized spacial score (nSPS) is 15.0. The molecule has 0 saturated heterocycles. The highest BCUT2D eigenvalue weighted by Crippen LogP contribution is 2.44. The van der Waals surface area contributed by atoms with Gasteiger partial charge in [-0.05, 0) is 36.6 Å². The Morgan fingerprint density at radius 3 is 2.65 bits per heavy atom. The summed E-state index contributed by atoms with van der Waals surface area (Å²) in [5, 5.41) is 28.1. The molecule has 0 bridgehead atoms. The summed E-state index contributed by atoms with van der Waals surface area (Å²) in [5.74, 6) is 0.0330. The molecule has 2 aromatic rings. The molecule has 1 fully saturated rings. The van der Waals surface area contributed by atoms with Gasteiger partial charge in [0.15, 0.2) is 0 Å². The lowest BCUT2D eigenvalue weighted by atomic mass is 9.90. The van der Waals surface area contributed by atoms with E-state index < -0.39 is 11.6 Å². The predicted molar refractivity (Wildman–Crippen MR) is 91.6 cm³/mol. The number of aromatic nitrogens is 2. The molecule has 130 valence electrons. The average Bonchev–Trinajstić information content (AvgIpc) is 3.17. The Bertz CT molecular complexity index is 907. The first kappa shape index (κ1) is 17.4. The number of nitriles is 2. The van der Waals surface area contributed by atoms with Gasteiger partial charge in [0.05, 0.1) is 29.4 Å². The van der Waals surface area contributed by atoms with Gasteiger partial charge < -0.3 is 5.11 Å². The largest absolute Gasteiger partial charge is 0.465 e. The van der Waals surface area contributed by atoms with Gasteiger partial charge in [0.1, 0.15) is 6.07 Å². The third-order valence-electron chi connectivity index (χ3n) is 4.81. The lowest BCUT2D eigenvalue weighted by Gasteiger charge is -2.39. The minimum atomic E-state index is -1.05. The highest BCUT2D eigenvalue weighted by molar-refractivity contribution is 5.67. The fourth-order valence-corrected chi connectivity index (χ4v) is 3.62. The summed E-state index contributed by atoms with van der Waals surface area (Å²) in [6.07, 6.45) is 3.49. The molecule has 0 atom stereocenters. The zero-order chi connectivity index (χ0) is 18.6. The Hall–Kier alpha value is -3.45. The lowest BCUT2D eigenvalue weighted by Crippen LogP contribution is -2.47. The van der Waals surface area contributed by atoms with Crippen LogP contribution in [0.1, 0.15) is 48.3 Å². The van der Waals surface area contributed by atoms with Gasteiger partial charge in [-0.2, -0.15) is 10.5 Å². The van der Waals surface area contributed by atoms with Crippen LogP contribution >= 0.6 is 0 Å². The highest BCUT2D eigenvalue weighted by Gasteiger charge is 2.45. The minimum absolute atomic E-state index is 0.0330. The van der Waals surface area contributed by atoms with E-state index in [0.717, 1.165) is 18.4 Å². The van der Waals surface area contributed by atoms with Crippen molar-refractivity contribution in [1.82, 2.24) is 14.9 Å². The molecule has 1 N–H and O–H groups in total. The van der Waals surface area contributed by atoms with Crippen LogP contribution in [0, 0.1) is 22.7 Å². The molecule has 1 aromatic carbocycles. The second kappa shape index (κ2) is 7.20. The van der Waals surface area contributed by atoms with Crippen LogP contribution in [0.2, 0.25) is 0 Å². The summed E-state index contributed by atoms with van der Waals surface area (Å²) >= 11 is 0. The van der Waals surface area contributed by atoms with Crippen LogP contribution in [-0.2, 0) is 12.1 Å². The van der Waals surface area contributed by atoms with Crippen LogP contribution in [0.15, 0.2) is 36.5 Å². The first-order valence-electron chi connectivity index (χ1n) is 8.32. The Morgan fingerprint density at radius 2 is 2.00 bits per heavy atom. The van der Waals surface area contributed by atoms with Crippen molar-refractivity contribution >= 4 is 6.09 Å². The zero-order valence-electron chi connectivity index (χ0n) is 14.1. The topological polar surface area (TPSA) is 114 Å². The standard InChI is InChI=1S/C19H17N5O2/c20-11-14-4-3-5-15(10-14)13-24(18(25)26)19(7-1-2-8-19)16-6-9-22-17(12-21)23-16/h3-6,9-10H,1-2,7-8,13H2,(H,25,26). The summed E-state index contributed by atoms with van der Waals surface area (Å²) in [5.41, 5.74) is 0.998. The van der Waals surface area contributed by atoms with Gasteiger partial charge >= 0.3 is 6.09 Å². The second-order valence-corrected chi connectivity index (χ2v) is 6.30. The van der Waals surface area contributed by atoms with Crippen molar-refractivity contribution in [3.8, 4) is 12.1 Å². The van der Waals surface area contributed by atoms with Crippen molar-refractivity contribution < 1.29 is 9.90 Å². The molecule has 0 radical (unpaired) electrons. The Kier molecular flexibility index (Phi) is 4.81. The number of benzene rings is 1. The number of rotatable bonds is 4. The Morgan fingerprint density at radius 1 is 1.23 bits per heavy atom. The molecular formula is C19H17N5O2. The predicted octanol–water partition coefficient (Wildman–Crippen LogP) is 3.17. The maximum atomic E-state index is 12.1. The van der Waals surface area contributed by atoms with Gasteiger partial charge in [-0.1, -0.05) is 25.0 Å². The van der Waals surface area contributed by atoms with E-state index in [1.54, 1.807) is 30.3 Å². The van der Waals surface area contributed by atoms with E-state index in [1.165, 1.54) is 11.1 Å². The molecule has 1 saturated carbocycles. The first-order chi connectivity index (χ1) is 12.6. The number of hydrogen-bond donors (Lipinski definition) is 1. The van der Waals surface area contributed by atoms with Crippen LogP contribution in [-0.4, -0.2) is 26.1 Å². The van der Waals surface area contributed by atoms with E-state index in [2.05, 4.69) is 16.0 Å². The molecule has 1 amide bonds. The van der Waals surface area contributed by atoms with Crippen LogP contribution in [0.3, 0.4) is 0 Å². The molecule has 7 heteroatoms. The highest BCUT2D eigenvalue weighted by atomic mass is 16.4. The summed E-state index contributed by atoms with van der Waals surface area (Å²) in [7, 11) is 0. The van der Waals surface area contributed by atoms with Crippen LogP contribution < -0.4 is 0 Å². The Balaban J connectivity index is 2.04. The van der Waals surface area contributed by atoms with Crippen molar-refractivity contribution in [1.29, 1.82) is 10.5 Å². The fraction of sp³-hybridized carbons (Fsp3) is 0.316. The molecule has 1 aliphatic rings. The van der Waals surface area contributed by atoms with Crippen molar-refractivity contribution in [2.24, 2.45) is 0 Å². The quantitative estimate of drug-likeness (QED) is 0.908. The maximum absolute atomic E-state index is 12.1. The first-order valence-corrected chi connectivity index (χ1v) is 8.32. The van der Waals surface area contributed by atoms with Crippen molar-refractivity contribution in [2.45, 2.75) is 37.8 Å². The molecule has 1 aliphatic carbocycles. The molecule has 0 unspecified atom stereocenters. The molecule has 3 rings (SSSR count). The second-order valence-electron chi connectivity index (χ2n) is 6.30. The molecule has 0 aliphatic heterocycles. The van der Waals surface area contributed by atoms with Crippen LogP contribution in [0.5, 0.6) is 0 Å². The number of carbonyl (C=O) groups is 1. The monoisotopic (exact) mass is 347 g/mol. The summed E-state index contributed by atoms with van der Waals surface area (Å²) in [4.78, 5) is 21.7. The van der Waals surface area contributed by atoms with E-state index in [4.69, 9.17) is 10.5 Å². The molecule has 1 heterocycles. The number of nitrogens with zero attached hydrogens (tertiary/aromatic N) is 5. The van der Waals surface area contributed by atoms with Crippen LogP contribution in [0.25, 0.3) is 0 Å². The van der Waals surface area contributed by atoms with Crippen molar-refractivity contribution in [3.63, 3.8) is 0 Å². The van der Waals surface area contributed by atoms with Gasteiger partial charge in [0.2, 0.25) is 5.82 Å². The fourth-order valence-electron chi connectivity index (χ4n) is 3.62. The van der Waals surface area contributed by atoms with E-state index in [-0.39, 0.29) is 12.4 Å². The third-order valence-corrected chi connectivity index (χ3v) is 4.81. The SMILES string of the molecule is N#Cc1cccc(CN(C(=O)O)C2(c3ccnc(C#N)n3)CCCC2)c1.